The van der Waals surface area contributed by atoms with E-state index < -0.39 is 15.1 Å². The molecule has 1 atom stereocenters. The van der Waals surface area contributed by atoms with E-state index in [4.69, 9.17) is 0 Å². The highest BCUT2D eigenvalue weighted by molar-refractivity contribution is 9.10. The second kappa shape index (κ2) is 5.84. The molecule has 0 aliphatic carbocycles. The molecular weight excluding hydrogens is 318 g/mol. The van der Waals surface area contributed by atoms with Gasteiger partial charge in [-0.3, -0.25) is 4.79 Å². The predicted octanol–water partition coefficient (Wildman–Crippen LogP) is 1.84. The van der Waals surface area contributed by atoms with Gasteiger partial charge in [0.1, 0.15) is 5.25 Å². The van der Waals surface area contributed by atoms with Gasteiger partial charge in [-0.05, 0) is 24.6 Å². The summed E-state index contributed by atoms with van der Waals surface area (Å²) in [6.07, 6.45) is 1.07. The molecule has 0 fully saturated rings. The van der Waals surface area contributed by atoms with Crippen molar-refractivity contribution in [2.75, 3.05) is 13.3 Å². The Bertz CT molecular complexity index is 525. The molecule has 0 radical (unpaired) electrons. The molecule has 6 heteroatoms. The van der Waals surface area contributed by atoms with E-state index in [2.05, 4.69) is 15.9 Å². The van der Waals surface area contributed by atoms with Gasteiger partial charge in [0.2, 0.25) is 5.91 Å². The first-order valence-corrected chi connectivity index (χ1v) is 8.15. The fourth-order valence-electron chi connectivity index (χ4n) is 1.44. The molecule has 0 aromatic heterocycles. The van der Waals surface area contributed by atoms with Gasteiger partial charge in [0.05, 0.1) is 0 Å². The first-order valence-electron chi connectivity index (χ1n) is 5.40. The lowest BCUT2D eigenvalue weighted by Crippen LogP contribution is -2.38. The van der Waals surface area contributed by atoms with Gasteiger partial charge >= 0.3 is 0 Å². The van der Waals surface area contributed by atoms with Gasteiger partial charge in [-0.15, -0.1) is 0 Å². The number of hydrogen-bond donors (Lipinski definition) is 0. The molecule has 1 aromatic rings. The first kappa shape index (κ1) is 15.2. The van der Waals surface area contributed by atoms with Crippen molar-refractivity contribution in [2.24, 2.45) is 0 Å². The molecule has 0 aliphatic heterocycles. The molecule has 18 heavy (non-hydrogen) atoms. The number of amides is 1. The summed E-state index contributed by atoms with van der Waals surface area (Å²) in [4.78, 5) is 13.3. The van der Waals surface area contributed by atoms with E-state index in [1.807, 2.05) is 24.3 Å². The van der Waals surface area contributed by atoms with Crippen molar-refractivity contribution in [3.8, 4) is 0 Å². The van der Waals surface area contributed by atoms with E-state index in [0.717, 1.165) is 16.3 Å². The molecule has 0 aliphatic rings. The Labute approximate surface area is 116 Å². The van der Waals surface area contributed by atoms with Gasteiger partial charge in [-0.2, -0.15) is 0 Å². The molecule has 1 unspecified atom stereocenters. The summed E-state index contributed by atoms with van der Waals surface area (Å²) in [6.45, 7) is 1.81. The summed E-state index contributed by atoms with van der Waals surface area (Å²) < 4.78 is 23.6. The first-order chi connectivity index (χ1) is 8.21. The zero-order chi connectivity index (χ0) is 13.9. The van der Waals surface area contributed by atoms with Crippen molar-refractivity contribution in [1.82, 2.24) is 4.90 Å². The highest BCUT2D eigenvalue weighted by Gasteiger charge is 2.26. The minimum atomic E-state index is -3.34. The highest BCUT2D eigenvalue weighted by atomic mass is 79.9. The van der Waals surface area contributed by atoms with Crippen LogP contribution < -0.4 is 0 Å². The van der Waals surface area contributed by atoms with Crippen LogP contribution in [0.4, 0.5) is 0 Å². The summed E-state index contributed by atoms with van der Waals surface area (Å²) in [7, 11) is -1.74. The standard InChI is InChI=1S/C12H16BrNO3S/c1-9(18(3,16)17)12(15)14(2)8-10-4-6-11(13)7-5-10/h4-7,9H,8H2,1-3H3. The van der Waals surface area contributed by atoms with E-state index >= 15 is 0 Å². The van der Waals surface area contributed by atoms with Gasteiger partial charge < -0.3 is 4.90 Å². The Balaban J connectivity index is 2.74. The summed E-state index contributed by atoms with van der Waals surface area (Å²) in [6, 6.07) is 7.54. The molecule has 0 N–H and O–H groups in total. The lowest BCUT2D eigenvalue weighted by Gasteiger charge is -2.20. The van der Waals surface area contributed by atoms with Crippen LogP contribution in [0.5, 0.6) is 0 Å². The van der Waals surface area contributed by atoms with Crippen LogP contribution in [-0.2, 0) is 21.2 Å². The van der Waals surface area contributed by atoms with Gasteiger partial charge in [0, 0.05) is 24.3 Å². The van der Waals surface area contributed by atoms with E-state index in [-0.39, 0.29) is 5.91 Å². The van der Waals surface area contributed by atoms with E-state index in [9.17, 15) is 13.2 Å². The zero-order valence-corrected chi connectivity index (χ0v) is 13.0. The molecule has 0 bridgehead atoms. The number of carbonyl (C=O) groups excluding carboxylic acids is 1. The number of hydrogen-bond acceptors (Lipinski definition) is 3. The minimum absolute atomic E-state index is 0.389. The summed E-state index contributed by atoms with van der Waals surface area (Å²) in [5, 5.41) is -1.00. The molecule has 0 spiro atoms. The fourth-order valence-corrected chi connectivity index (χ4v) is 2.25. The van der Waals surface area contributed by atoms with E-state index in [0.29, 0.717) is 6.54 Å². The number of rotatable bonds is 4. The molecule has 1 rings (SSSR count). The van der Waals surface area contributed by atoms with Crippen LogP contribution in [0.1, 0.15) is 12.5 Å². The normalized spacial score (nSPS) is 13.1. The van der Waals surface area contributed by atoms with Crippen LogP contribution in [0.15, 0.2) is 28.7 Å². The quantitative estimate of drug-likeness (QED) is 0.844. The summed E-state index contributed by atoms with van der Waals surface area (Å²) in [5.41, 5.74) is 0.953. The second-order valence-corrected chi connectivity index (χ2v) is 7.57. The monoisotopic (exact) mass is 333 g/mol. The Morgan fingerprint density at radius 3 is 2.28 bits per heavy atom. The third-order valence-electron chi connectivity index (χ3n) is 2.70. The third kappa shape index (κ3) is 4.10. The number of benzene rings is 1. The molecular formula is C12H16BrNO3S. The molecule has 0 heterocycles. The largest absolute Gasteiger partial charge is 0.340 e. The highest BCUT2D eigenvalue weighted by Crippen LogP contribution is 2.13. The van der Waals surface area contributed by atoms with Crippen LogP contribution in [0, 0.1) is 0 Å². The second-order valence-electron chi connectivity index (χ2n) is 4.29. The Morgan fingerprint density at radius 2 is 1.83 bits per heavy atom. The Kier molecular flexibility index (Phi) is 4.92. The van der Waals surface area contributed by atoms with Crippen LogP contribution in [0.25, 0.3) is 0 Å². The summed E-state index contributed by atoms with van der Waals surface area (Å²) in [5.74, 6) is -0.389. The predicted molar refractivity (Wildman–Crippen MR) is 74.9 cm³/mol. The number of halogens is 1. The molecule has 1 amide bonds. The van der Waals surface area contributed by atoms with Gasteiger partial charge in [-0.25, -0.2) is 8.42 Å². The average Bonchev–Trinajstić information content (AvgIpc) is 2.29. The molecule has 100 valence electrons. The van der Waals surface area contributed by atoms with Gasteiger partial charge in [0.15, 0.2) is 9.84 Å². The van der Waals surface area contributed by atoms with E-state index in [1.165, 1.54) is 11.8 Å². The Hall–Kier alpha value is -0.880. The minimum Gasteiger partial charge on any atom is -0.340 e. The smallest absolute Gasteiger partial charge is 0.240 e. The third-order valence-corrected chi connectivity index (χ3v) is 4.71. The maximum Gasteiger partial charge on any atom is 0.240 e. The molecule has 1 aromatic carbocycles. The maximum atomic E-state index is 11.9. The van der Waals surface area contributed by atoms with Gasteiger partial charge in [-0.1, -0.05) is 28.1 Å². The maximum absolute atomic E-state index is 11.9. The SMILES string of the molecule is CC(C(=O)N(C)Cc1ccc(Br)cc1)S(C)(=O)=O. The lowest BCUT2D eigenvalue weighted by molar-refractivity contribution is -0.129. The van der Waals surface area contributed by atoms with Crippen molar-refractivity contribution < 1.29 is 13.2 Å². The lowest BCUT2D eigenvalue weighted by atomic mass is 10.2. The van der Waals surface area contributed by atoms with E-state index in [1.54, 1.807) is 7.05 Å². The van der Waals surface area contributed by atoms with Crippen molar-refractivity contribution in [1.29, 1.82) is 0 Å². The zero-order valence-electron chi connectivity index (χ0n) is 10.6. The molecule has 0 saturated carbocycles. The average molecular weight is 334 g/mol. The van der Waals surface area contributed by atoms with Crippen LogP contribution in [-0.4, -0.2) is 37.8 Å². The van der Waals surface area contributed by atoms with Crippen molar-refractivity contribution in [3.63, 3.8) is 0 Å². The summed E-state index contributed by atoms with van der Waals surface area (Å²) >= 11 is 3.33. The molecule has 4 nitrogen and oxygen atoms in total. The number of nitrogens with zero attached hydrogens (tertiary/aromatic N) is 1. The number of carbonyl (C=O) groups is 1. The van der Waals surface area contributed by atoms with Crippen LogP contribution >= 0.6 is 15.9 Å². The fraction of sp³-hybridized carbons (Fsp3) is 0.417. The van der Waals surface area contributed by atoms with Crippen molar-refractivity contribution >= 4 is 31.7 Å². The van der Waals surface area contributed by atoms with Crippen LogP contribution in [0.3, 0.4) is 0 Å². The Morgan fingerprint density at radius 1 is 1.33 bits per heavy atom. The topological polar surface area (TPSA) is 54.5 Å². The molecule has 0 saturated heterocycles. The van der Waals surface area contributed by atoms with Gasteiger partial charge in [0.25, 0.3) is 0 Å². The van der Waals surface area contributed by atoms with Crippen molar-refractivity contribution in [3.05, 3.63) is 34.3 Å². The van der Waals surface area contributed by atoms with Crippen LogP contribution in [0.2, 0.25) is 0 Å². The number of sulfone groups is 1. The van der Waals surface area contributed by atoms with Crippen molar-refractivity contribution in [2.45, 2.75) is 18.7 Å².